The standard InChI is InChI=1S/C17H24N4O2S/c1-12-8-9-14(10-13(12)2)21-17-7-5-6-16(15(17)11-18-21)19-24(22,23)20(3)4/h8-11,16,19H,5-7H2,1-4H3. The third kappa shape index (κ3) is 3.11. The number of nitrogens with one attached hydrogen (secondary N) is 1. The van der Waals surface area contributed by atoms with Gasteiger partial charge in [-0.3, -0.25) is 0 Å². The summed E-state index contributed by atoms with van der Waals surface area (Å²) >= 11 is 0. The summed E-state index contributed by atoms with van der Waals surface area (Å²) in [5, 5.41) is 4.53. The number of hydrogen-bond donors (Lipinski definition) is 1. The summed E-state index contributed by atoms with van der Waals surface area (Å²) in [5.41, 5.74) is 5.56. The van der Waals surface area contributed by atoms with Crippen molar-refractivity contribution in [1.29, 1.82) is 0 Å². The molecule has 1 atom stereocenters. The Bertz CT molecular complexity index is 855. The second kappa shape index (κ2) is 6.31. The predicted molar refractivity (Wildman–Crippen MR) is 94.5 cm³/mol. The molecular formula is C17H24N4O2S. The van der Waals surface area contributed by atoms with Gasteiger partial charge in [-0.1, -0.05) is 6.07 Å². The topological polar surface area (TPSA) is 67.2 Å². The summed E-state index contributed by atoms with van der Waals surface area (Å²) in [6.45, 7) is 4.17. The van der Waals surface area contributed by atoms with E-state index in [9.17, 15) is 8.42 Å². The van der Waals surface area contributed by atoms with E-state index in [0.29, 0.717) is 0 Å². The van der Waals surface area contributed by atoms with E-state index in [2.05, 4.69) is 41.9 Å². The highest BCUT2D eigenvalue weighted by atomic mass is 32.2. The van der Waals surface area contributed by atoms with Gasteiger partial charge in [-0.05, 0) is 56.4 Å². The highest BCUT2D eigenvalue weighted by molar-refractivity contribution is 7.87. The molecule has 3 rings (SSSR count). The highest BCUT2D eigenvalue weighted by Crippen LogP contribution is 2.32. The molecule has 1 aromatic carbocycles. The lowest BCUT2D eigenvalue weighted by Crippen LogP contribution is -2.39. The first kappa shape index (κ1) is 17.1. The monoisotopic (exact) mass is 348 g/mol. The summed E-state index contributed by atoms with van der Waals surface area (Å²) < 4.78 is 30.2. The van der Waals surface area contributed by atoms with Gasteiger partial charge in [0.2, 0.25) is 0 Å². The molecule has 1 N–H and O–H groups in total. The zero-order valence-electron chi connectivity index (χ0n) is 14.6. The molecule has 1 heterocycles. The first-order valence-corrected chi connectivity index (χ1v) is 9.58. The summed E-state index contributed by atoms with van der Waals surface area (Å²) in [6.07, 6.45) is 4.43. The van der Waals surface area contributed by atoms with Crippen LogP contribution in [0.4, 0.5) is 0 Å². The van der Waals surface area contributed by atoms with Crippen LogP contribution < -0.4 is 4.72 Å². The average Bonchev–Trinajstić information content (AvgIpc) is 2.95. The Morgan fingerprint density at radius 3 is 2.67 bits per heavy atom. The van der Waals surface area contributed by atoms with Crippen molar-refractivity contribution >= 4 is 10.2 Å². The van der Waals surface area contributed by atoms with Gasteiger partial charge in [0.25, 0.3) is 10.2 Å². The minimum Gasteiger partial charge on any atom is -0.237 e. The minimum absolute atomic E-state index is 0.221. The zero-order chi connectivity index (χ0) is 17.5. The van der Waals surface area contributed by atoms with Gasteiger partial charge in [0, 0.05) is 25.4 Å². The Hall–Kier alpha value is -1.70. The van der Waals surface area contributed by atoms with Gasteiger partial charge in [-0.25, -0.2) is 4.68 Å². The average molecular weight is 348 g/mol. The van der Waals surface area contributed by atoms with Crippen LogP contribution in [0.25, 0.3) is 5.69 Å². The molecule has 2 aromatic rings. The fraction of sp³-hybridized carbons (Fsp3) is 0.471. The van der Waals surface area contributed by atoms with Crippen molar-refractivity contribution in [2.24, 2.45) is 0 Å². The van der Waals surface area contributed by atoms with Crippen LogP contribution in [0.5, 0.6) is 0 Å². The number of nitrogens with zero attached hydrogens (tertiary/aromatic N) is 3. The summed E-state index contributed by atoms with van der Waals surface area (Å²) in [7, 11) is -0.397. The van der Waals surface area contributed by atoms with Crippen LogP contribution in [0.3, 0.4) is 0 Å². The molecule has 0 bridgehead atoms. The van der Waals surface area contributed by atoms with Crippen LogP contribution in [-0.2, 0) is 16.6 Å². The fourth-order valence-electron chi connectivity index (χ4n) is 3.04. The predicted octanol–water partition coefficient (Wildman–Crippen LogP) is 2.26. The number of aromatic nitrogens is 2. The van der Waals surface area contributed by atoms with Gasteiger partial charge in [0.15, 0.2) is 0 Å². The van der Waals surface area contributed by atoms with Crippen molar-refractivity contribution in [3.8, 4) is 5.69 Å². The van der Waals surface area contributed by atoms with E-state index in [0.717, 1.165) is 36.2 Å². The lowest BCUT2D eigenvalue weighted by Gasteiger charge is -2.25. The third-order valence-corrected chi connectivity index (χ3v) is 6.23. The third-order valence-electron chi connectivity index (χ3n) is 4.69. The quantitative estimate of drug-likeness (QED) is 0.922. The first-order chi connectivity index (χ1) is 11.3. The van der Waals surface area contributed by atoms with E-state index in [-0.39, 0.29) is 6.04 Å². The van der Waals surface area contributed by atoms with Crippen molar-refractivity contribution in [2.45, 2.75) is 39.2 Å². The van der Waals surface area contributed by atoms with Crippen LogP contribution >= 0.6 is 0 Å². The first-order valence-electron chi connectivity index (χ1n) is 8.14. The molecule has 6 nitrogen and oxygen atoms in total. The SMILES string of the molecule is Cc1ccc(-n2ncc3c2CCCC3NS(=O)(=O)N(C)C)cc1C. The van der Waals surface area contributed by atoms with Crippen molar-refractivity contribution in [1.82, 2.24) is 18.8 Å². The van der Waals surface area contributed by atoms with Gasteiger partial charge in [0.1, 0.15) is 0 Å². The van der Waals surface area contributed by atoms with Gasteiger partial charge in [-0.15, -0.1) is 0 Å². The Kier molecular flexibility index (Phi) is 4.50. The molecule has 0 radical (unpaired) electrons. The van der Waals surface area contributed by atoms with E-state index in [1.165, 1.54) is 29.5 Å². The Morgan fingerprint density at radius 2 is 2.00 bits per heavy atom. The Morgan fingerprint density at radius 1 is 1.25 bits per heavy atom. The van der Waals surface area contributed by atoms with Crippen molar-refractivity contribution in [2.75, 3.05) is 14.1 Å². The van der Waals surface area contributed by atoms with E-state index >= 15 is 0 Å². The van der Waals surface area contributed by atoms with Crippen LogP contribution in [0, 0.1) is 13.8 Å². The number of benzene rings is 1. The fourth-order valence-corrected chi connectivity index (χ4v) is 3.86. The minimum atomic E-state index is -3.46. The van der Waals surface area contributed by atoms with Crippen LogP contribution in [0.2, 0.25) is 0 Å². The Labute approximate surface area is 143 Å². The molecule has 1 aliphatic carbocycles. The molecule has 0 aliphatic heterocycles. The molecule has 24 heavy (non-hydrogen) atoms. The van der Waals surface area contributed by atoms with Crippen molar-refractivity contribution in [3.63, 3.8) is 0 Å². The molecule has 0 saturated heterocycles. The molecule has 0 saturated carbocycles. The number of hydrogen-bond acceptors (Lipinski definition) is 3. The lowest BCUT2D eigenvalue weighted by molar-refractivity contribution is 0.464. The highest BCUT2D eigenvalue weighted by Gasteiger charge is 2.28. The molecule has 1 aromatic heterocycles. The Balaban J connectivity index is 1.97. The second-order valence-corrected chi connectivity index (χ2v) is 8.49. The molecule has 130 valence electrons. The smallest absolute Gasteiger partial charge is 0.237 e. The molecular weight excluding hydrogens is 324 g/mol. The summed E-state index contributed by atoms with van der Waals surface area (Å²) in [4.78, 5) is 0. The zero-order valence-corrected chi connectivity index (χ0v) is 15.4. The normalized spacial score (nSPS) is 18.0. The molecule has 1 unspecified atom stereocenters. The molecule has 0 spiro atoms. The molecule has 0 fully saturated rings. The maximum atomic E-state index is 12.2. The van der Waals surface area contributed by atoms with E-state index in [1.54, 1.807) is 6.20 Å². The van der Waals surface area contributed by atoms with E-state index < -0.39 is 10.2 Å². The molecule has 7 heteroatoms. The van der Waals surface area contributed by atoms with Gasteiger partial charge in [-0.2, -0.15) is 22.5 Å². The molecule has 1 aliphatic rings. The number of rotatable bonds is 4. The lowest BCUT2D eigenvalue weighted by atomic mass is 9.93. The van der Waals surface area contributed by atoms with Crippen LogP contribution in [-0.4, -0.2) is 36.6 Å². The summed E-state index contributed by atoms with van der Waals surface area (Å²) in [5.74, 6) is 0. The van der Waals surface area contributed by atoms with Gasteiger partial charge < -0.3 is 0 Å². The van der Waals surface area contributed by atoms with Crippen molar-refractivity contribution in [3.05, 3.63) is 46.8 Å². The maximum absolute atomic E-state index is 12.2. The summed E-state index contributed by atoms with van der Waals surface area (Å²) in [6, 6.07) is 6.05. The van der Waals surface area contributed by atoms with E-state index in [4.69, 9.17) is 0 Å². The second-order valence-electron chi connectivity index (χ2n) is 6.58. The van der Waals surface area contributed by atoms with E-state index in [1.807, 2.05) is 4.68 Å². The largest absolute Gasteiger partial charge is 0.279 e. The van der Waals surface area contributed by atoms with Gasteiger partial charge >= 0.3 is 0 Å². The van der Waals surface area contributed by atoms with Gasteiger partial charge in [0.05, 0.1) is 17.9 Å². The van der Waals surface area contributed by atoms with Crippen LogP contribution in [0.15, 0.2) is 24.4 Å². The number of fused-ring (bicyclic) bond motifs is 1. The van der Waals surface area contributed by atoms with Crippen molar-refractivity contribution < 1.29 is 8.42 Å². The molecule has 0 amide bonds. The number of aryl methyl sites for hydroxylation is 2. The maximum Gasteiger partial charge on any atom is 0.279 e. The van der Waals surface area contributed by atoms with Crippen LogP contribution in [0.1, 0.15) is 41.3 Å².